The van der Waals surface area contributed by atoms with Crippen molar-refractivity contribution >= 4 is 6.09 Å². The Hall–Kier alpha value is -1.02. The Morgan fingerprint density at radius 1 is 1.24 bits per heavy atom. The molecular weight excluding hydrogens is 289 g/mol. The van der Waals surface area contributed by atoms with Crippen LogP contribution in [-0.4, -0.2) is 59.7 Å². The first-order valence-electron chi connectivity index (χ1n) is 6.93. The molecule has 2 bridgehead atoms. The Morgan fingerprint density at radius 3 is 2.10 bits per heavy atom. The molecule has 8 heteroatoms. The topological polar surface area (TPSA) is 61.8 Å². The van der Waals surface area contributed by atoms with Gasteiger partial charge in [0.05, 0.1) is 0 Å². The first-order chi connectivity index (χ1) is 9.45. The smallest absolute Gasteiger partial charge is 0.417 e. The quantitative estimate of drug-likeness (QED) is 0.709. The van der Waals surface area contributed by atoms with Crippen molar-refractivity contribution in [3.8, 4) is 0 Å². The van der Waals surface area contributed by atoms with Gasteiger partial charge in [-0.1, -0.05) is 0 Å². The molecule has 0 aromatic heterocycles. The second-order valence-corrected chi connectivity index (χ2v) is 6.76. The fourth-order valence-corrected chi connectivity index (χ4v) is 3.03. The number of hydrogen-bond donors (Lipinski definition) is 2. The van der Waals surface area contributed by atoms with Crippen LogP contribution in [0.3, 0.4) is 0 Å². The Balaban J connectivity index is 2.17. The molecule has 2 heterocycles. The van der Waals surface area contributed by atoms with Crippen molar-refractivity contribution < 1.29 is 27.8 Å². The average Bonchev–Trinajstić information content (AvgIpc) is 2.23. The number of rotatable bonds is 0. The summed E-state index contributed by atoms with van der Waals surface area (Å²) in [5.74, 6) is -2.17. The predicted octanol–water partition coefficient (Wildman–Crippen LogP) is 1.37. The first-order valence-corrected chi connectivity index (χ1v) is 6.93. The van der Waals surface area contributed by atoms with Crippen LogP contribution in [0.15, 0.2) is 0 Å². The third-order valence-electron chi connectivity index (χ3n) is 4.01. The standard InChI is InChI=1S/C13H21F3N2O3/c1-11(2,3)21-10(19)18-6-8-4-17-5-9(7-18)12(8,20)13(14,15)16/h8-9,17,20H,4-7H2,1-3H3. The number of nitrogens with zero attached hydrogens (tertiary/aromatic N) is 1. The summed E-state index contributed by atoms with van der Waals surface area (Å²) in [5, 5.41) is 13.1. The monoisotopic (exact) mass is 310 g/mol. The summed E-state index contributed by atoms with van der Waals surface area (Å²) in [6.45, 7) is 4.79. The number of alkyl halides is 3. The van der Waals surface area contributed by atoms with Crippen LogP contribution >= 0.6 is 0 Å². The highest BCUT2D eigenvalue weighted by Gasteiger charge is 2.66. The molecule has 2 unspecified atom stereocenters. The van der Waals surface area contributed by atoms with Crippen molar-refractivity contribution in [3.05, 3.63) is 0 Å². The third-order valence-corrected chi connectivity index (χ3v) is 4.01. The van der Waals surface area contributed by atoms with Gasteiger partial charge in [0.25, 0.3) is 0 Å². The van der Waals surface area contributed by atoms with Crippen molar-refractivity contribution in [2.75, 3.05) is 26.2 Å². The van der Waals surface area contributed by atoms with Crippen LogP contribution in [0, 0.1) is 11.8 Å². The lowest BCUT2D eigenvalue weighted by Gasteiger charge is -2.53. The van der Waals surface area contributed by atoms with Crippen LogP contribution in [0.1, 0.15) is 20.8 Å². The van der Waals surface area contributed by atoms with E-state index in [1.165, 1.54) is 4.90 Å². The van der Waals surface area contributed by atoms with Gasteiger partial charge in [0.1, 0.15) is 5.60 Å². The molecule has 2 atom stereocenters. The van der Waals surface area contributed by atoms with Gasteiger partial charge in [-0.3, -0.25) is 0 Å². The van der Waals surface area contributed by atoms with Gasteiger partial charge in [-0.05, 0) is 20.8 Å². The number of hydrogen-bond acceptors (Lipinski definition) is 4. The maximum Gasteiger partial charge on any atom is 0.417 e. The van der Waals surface area contributed by atoms with E-state index in [0.717, 1.165) is 0 Å². The molecule has 5 nitrogen and oxygen atoms in total. The van der Waals surface area contributed by atoms with Gasteiger partial charge in [-0.15, -0.1) is 0 Å². The molecule has 0 spiro atoms. The molecule has 1 amide bonds. The van der Waals surface area contributed by atoms with Gasteiger partial charge in [-0.2, -0.15) is 13.2 Å². The number of carbonyl (C=O) groups is 1. The number of piperidine rings is 2. The molecule has 122 valence electrons. The summed E-state index contributed by atoms with van der Waals surface area (Å²) in [4.78, 5) is 13.3. The van der Waals surface area contributed by atoms with E-state index in [0.29, 0.717) is 0 Å². The van der Waals surface area contributed by atoms with E-state index in [1.54, 1.807) is 20.8 Å². The molecule has 21 heavy (non-hydrogen) atoms. The van der Waals surface area contributed by atoms with Crippen LogP contribution < -0.4 is 5.32 Å². The molecule has 0 aromatic carbocycles. The number of ether oxygens (including phenoxy) is 1. The van der Waals surface area contributed by atoms with Crippen molar-refractivity contribution in [2.24, 2.45) is 11.8 Å². The molecule has 0 radical (unpaired) electrons. The third kappa shape index (κ3) is 2.96. The van der Waals surface area contributed by atoms with Crippen LogP contribution in [-0.2, 0) is 4.74 Å². The van der Waals surface area contributed by atoms with E-state index in [9.17, 15) is 23.1 Å². The number of carbonyl (C=O) groups excluding carboxylic acids is 1. The largest absolute Gasteiger partial charge is 0.444 e. The van der Waals surface area contributed by atoms with Crippen LogP contribution in [0.2, 0.25) is 0 Å². The Bertz CT molecular complexity index is 406. The molecule has 2 rings (SSSR count). The van der Waals surface area contributed by atoms with Gasteiger partial charge < -0.3 is 20.1 Å². The highest BCUT2D eigenvalue weighted by atomic mass is 19.4. The van der Waals surface area contributed by atoms with E-state index in [4.69, 9.17) is 4.74 Å². The average molecular weight is 310 g/mol. The number of likely N-dealkylation sites (tertiary alicyclic amines) is 1. The summed E-state index contributed by atoms with van der Waals surface area (Å²) < 4.78 is 44.9. The number of fused-ring (bicyclic) bond motifs is 2. The van der Waals surface area contributed by atoms with Crippen molar-refractivity contribution in [2.45, 2.75) is 38.1 Å². The molecular formula is C13H21F3N2O3. The number of nitrogens with one attached hydrogen (secondary N) is 1. The van der Waals surface area contributed by atoms with Crippen LogP contribution in [0.4, 0.5) is 18.0 Å². The van der Waals surface area contributed by atoms with Crippen molar-refractivity contribution in [3.63, 3.8) is 0 Å². The van der Waals surface area contributed by atoms with E-state index >= 15 is 0 Å². The summed E-state index contributed by atoms with van der Waals surface area (Å²) in [5.41, 5.74) is -3.45. The number of amides is 1. The Kier molecular flexibility index (Phi) is 3.90. The molecule has 2 fully saturated rings. The molecule has 2 aliphatic heterocycles. The fraction of sp³-hybridized carbons (Fsp3) is 0.923. The molecule has 0 aromatic rings. The number of halogens is 3. The predicted molar refractivity (Wildman–Crippen MR) is 68.7 cm³/mol. The highest BCUT2D eigenvalue weighted by molar-refractivity contribution is 5.68. The van der Waals surface area contributed by atoms with Gasteiger partial charge in [0.15, 0.2) is 5.60 Å². The lowest BCUT2D eigenvalue weighted by atomic mass is 9.70. The van der Waals surface area contributed by atoms with E-state index in [-0.39, 0.29) is 26.2 Å². The van der Waals surface area contributed by atoms with Gasteiger partial charge in [0.2, 0.25) is 0 Å². The Labute approximate surface area is 121 Å². The summed E-state index contributed by atoms with van der Waals surface area (Å²) in [7, 11) is 0. The first kappa shape index (κ1) is 16.4. The normalized spacial score (nSPS) is 33.8. The molecule has 2 N–H and O–H groups in total. The van der Waals surface area contributed by atoms with E-state index in [1.807, 2.05) is 0 Å². The summed E-state index contributed by atoms with van der Waals surface area (Å²) in [6.07, 6.45) is -5.34. The molecule has 0 aliphatic carbocycles. The molecule has 2 saturated heterocycles. The fourth-order valence-electron chi connectivity index (χ4n) is 3.03. The minimum absolute atomic E-state index is 0.0197. The zero-order valence-electron chi connectivity index (χ0n) is 12.3. The van der Waals surface area contributed by atoms with Crippen molar-refractivity contribution in [1.29, 1.82) is 0 Å². The zero-order chi connectivity index (χ0) is 16.1. The van der Waals surface area contributed by atoms with E-state index < -0.39 is 35.3 Å². The zero-order valence-corrected chi connectivity index (χ0v) is 12.3. The minimum atomic E-state index is -4.70. The maximum absolute atomic E-state index is 13.2. The Morgan fingerprint density at radius 2 is 1.71 bits per heavy atom. The van der Waals surface area contributed by atoms with Gasteiger partial charge in [-0.25, -0.2) is 4.79 Å². The molecule has 2 aliphatic rings. The second-order valence-electron chi connectivity index (χ2n) is 6.76. The van der Waals surface area contributed by atoms with Gasteiger partial charge in [0, 0.05) is 38.0 Å². The second kappa shape index (κ2) is 5.01. The van der Waals surface area contributed by atoms with Crippen LogP contribution in [0.5, 0.6) is 0 Å². The SMILES string of the molecule is CC(C)(C)OC(=O)N1CC2CNCC(C1)C2(O)C(F)(F)F. The summed E-state index contributed by atoms with van der Waals surface area (Å²) >= 11 is 0. The lowest BCUT2D eigenvalue weighted by molar-refractivity contribution is -0.315. The summed E-state index contributed by atoms with van der Waals surface area (Å²) in [6, 6.07) is 0. The highest BCUT2D eigenvalue weighted by Crippen LogP contribution is 2.46. The van der Waals surface area contributed by atoms with Gasteiger partial charge >= 0.3 is 12.3 Å². The number of aliphatic hydroxyl groups is 1. The van der Waals surface area contributed by atoms with Crippen molar-refractivity contribution in [1.82, 2.24) is 10.2 Å². The maximum atomic E-state index is 13.2. The van der Waals surface area contributed by atoms with Crippen LogP contribution in [0.25, 0.3) is 0 Å². The lowest BCUT2D eigenvalue weighted by Crippen LogP contribution is -2.72. The van der Waals surface area contributed by atoms with E-state index in [2.05, 4.69) is 5.32 Å². The minimum Gasteiger partial charge on any atom is -0.444 e. The molecule has 0 saturated carbocycles.